The molecule has 0 atom stereocenters. The van der Waals surface area contributed by atoms with Crippen LogP contribution in [0.2, 0.25) is 5.02 Å². The van der Waals surface area contributed by atoms with Gasteiger partial charge in [-0.25, -0.2) is 0 Å². The van der Waals surface area contributed by atoms with Gasteiger partial charge in [-0.15, -0.1) is 0 Å². The lowest BCUT2D eigenvalue weighted by atomic mass is 10.2. The van der Waals surface area contributed by atoms with E-state index in [0.29, 0.717) is 6.61 Å². The van der Waals surface area contributed by atoms with Gasteiger partial charge < -0.3 is 10.1 Å². The van der Waals surface area contributed by atoms with Gasteiger partial charge in [0.25, 0.3) is 0 Å². The molecule has 1 heterocycles. The normalized spacial score (nSPS) is 14.5. The van der Waals surface area contributed by atoms with Gasteiger partial charge in [-0.1, -0.05) is 11.6 Å². The molecular weight excluding hydrogens is 174 g/mol. The first-order valence-electron chi connectivity index (χ1n) is 3.95. The molecule has 12 heavy (non-hydrogen) atoms. The van der Waals surface area contributed by atoms with Gasteiger partial charge in [0.05, 0.1) is 5.69 Å². The molecule has 0 bridgehead atoms. The monoisotopic (exact) mass is 183 g/mol. The van der Waals surface area contributed by atoms with Crippen LogP contribution in [0.4, 0.5) is 5.69 Å². The molecule has 1 aromatic carbocycles. The zero-order valence-electron chi connectivity index (χ0n) is 6.86. The standard InChI is InChI=1S/C9H10ClNO/c1-6-7(10)2-3-8-9(6)12-5-4-11-8/h2-3,11H,4-5H2,1H3. The molecule has 3 heteroatoms. The molecule has 0 amide bonds. The summed E-state index contributed by atoms with van der Waals surface area (Å²) < 4.78 is 5.49. The third-order valence-corrected chi connectivity index (χ3v) is 2.41. The highest BCUT2D eigenvalue weighted by Crippen LogP contribution is 2.34. The summed E-state index contributed by atoms with van der Waals surface area (Å²) in [6.07, 6.45) is 0. The van der Waals surface area contributed by atoms with Crippen molar-refractivity contribution in [2.75, 3.05) is 18.5 Å². The second-order valence-corrected chi connectivity index (χ2v) is 3.23. The molecule has 64 valence electrons. The van der Waals surface area contributed by atoms with E-state index in [4.69, 9.17) is 16.3 Å². The van der Waals surface area contributed by atoms with Crippen molar-refractivity contribution < 1.29 is 4.74 Å². The Balaban J connectivity index is 2.54. The lowest BCUT2D eigenvalue weighted by molar-refractivity contribution is 0.321. The smallest absolute Gasteiger partial charge is 0.146 e. The lowest BCUT2D eigenvalue weighted by Crippen LogP contribution is -2.18. The van der Waals surface area contributed by atoms with Crippen LogP contribution in [0.3, 0.4) is 0 Å². The molecule has 0 spiro atoms. The summed E-state index contributed by atoms with van der Waals surface area (Å²) in [6.45, 7) is 3.55. The number of benzene rings is 1. The van der Waals surface area contributed by atoms with E-state index in [0.717, 1.165) is 28.6 Å². The summed E-state index contributed by atoms with van der Waals surface area (Å²) in [6, 6.07) is 3.83. The van der Waals surface area contributed by atoms with Crippen LogP contribution in [0.15, 0.2) is 12.1 Å². The average Bonchev–Trinajstić information content (AvgIpc) is 2.12. The van der Waals surface area contributed by atoms with Crippen LogP contribution >= 0.6 is 11.6 Å². The molecule has 1 aliphatic rings. The fourth-order valence-corrected chi connectivity index (χ4v) is 1.48. The lowest BCUT2D eigenvalue weighted by Gasteiger charge is -2.21. The number of hydrogen-bond donors (Lipinski definition) is 1. The van der Waals surface area contributed by atoms with E-state index in [-0.39, 0.29) is 0 Å². The quantitative estimate of drug-likeness (QED) is 0.667. The van der Waals surface area contributed by atoms with Crippen LogP contribution in [-0.4, -0.2) is 13.2 Å². The molecule has 0 aliphatic carbocycles. The van der Waals surface area contributed by atoms with E-state index in [1.807, 2.05) is 19.1 Å². The van der Waals surface area contributed by atoms with Gasteiger partial charge in [0.15, 0.2) is 0 Å². The van der Waals surface area contributed by atoms with Crippen molar-refractivity contribution in [1.82, 2.24) is 0 Å². The molecule has 0 unspecified atom stereocenters. The van der Waals surface area contributed by atoms with Gasteiger partial charge in [-0.3, -0.25) is 0 Å². The van der Waals surface area contributed by atoms with Crippen molar-refractivity contribution in [3.05, 3.63) is 22.7 Å². The first-order chi connectivity index (χ1) is 5.79. The molecule has 1 aromatic rings. The third-order valence-electron chi connectivity index (χ3n) is 2.00. The number of rotatable bonds is 0. The second-order valence-electron chi connectivity index (χ2n) is 2.82. The SMILES string of the molecule is Cc1c(Cl)ccc2c1OCCN2. The molecule has 0 fully saturated rings. The van der Waals surface area contributed by atoms with Crippen LogP contribution in [-0.2, 0) is 0 Å². The van der Waals surface area contributed by atoms with Gasteiger partial charge in [-0.2, -0.15) is 0 Å². The van der Waals surface area contributed by atoms with E-state index in [2.05, 4.69) is 5.32 Å². The van der Waals surface area contributed by atoms with E-state index < -0.39 is 0 Å². The number of anilines is 1. The molecule has 2 nitrogen and oxygen atoms in total. The average molecular weight is 184 g/mol. The predicted octanol–water partition coefficient (Wildman–Crippen LogP) is 2.45. The second kappa shape index (κ2) is 2.87. The van der Waals surface area contributed by atoms with Gasteiger partial charge >= 0.3 is 0 Å². The number of fused-ring (bicyclic) bond motifs is 1. The van der Waals surface area contributed by atoms with Crippen LogP contribution < -0.4 is 10.1 Å². The highest BCUT2D eigenvalue weighted by molar-refractivity contribution is 6.31. The summed E-state index contributed by atoms with van der Waals surface area (Å²) in [5.74, 6) is 0.897. The maximum Gasteiger partial charge on any atom is 0.146 e. The number of hydrogen-bond acceptors (Lipinski definition) is 2. The largest absolute Gasteiger partial charge is 0.489 e. The third kappa shape index (κ3) is 1.12. The highest BCUT2D eigenvalue weighted by Gasteiger charge is 2.13. The van der Waals surface area contributed by atoms with E-state index in [9.17, 15) is 0 Å². The molecule has 1 N–H and O–H groups in total. The highest BCUT2D eigenvalue weighted by atomic mass is 35.5. The first kappa shape index (κ1) is 7.74. The van der Waals surface area contributed by atoms with Crippen molar-refractivity contribution >= 4 is 17.3 Å². The Hall–Kier alpha value is -0.890. The van der Waals surface area contributed by atoms with Crippen molar-refractivity contribution in [2.45, 2.75) is 6.92 Å². The Labute approximate surface area is 76.5 Å². The Bertz CT molecular complexity index is 312. The molecule has 2 rings (SSSR count). The van der Waals surface area contributed by atoms with Crippen molar-refractivity contribution in [3.63, 3.8) is 0 Å². The van der Waals surface area contributed by atoms with Crippen molar-refractivity contribution in [2.24, 2.45) is 0 Å². The van der Waals surface area contributed by atoms with Crippen LogP contribution in [0.25, 0.3) is 0 Å². The van der Waals surface area contributed by atoms with Crippen LogP contribution in [0.5, 0.6) is 5.75 Å². The summed E-state index contributed by atoms with van der Waals surface area (Å²) in [4.78, 5) is 0. The van der Waals surface area contributed by atoms with E-state index >= 15 is 0 Å². The van der Waals surface area contributed by atoms with Crippen LogP contribution in [0, 0.1) is 6.92 Å². The summed E-state index contributed by atoms with van der Waals surface area (Å²) >= 11 is 5.94. The van der Waals surface area contributed by atoms with Gasteiger partial charge in [-0.05, 0) is 19.1 Å². The topological polar surface area (TPSA) is 21.3 Å². The first-order valence-corrected chi connectivity index (χ1v) is 4.32. The molecule has 0 radical (unpaired) electrons. The van der Waals surface area contributed by atoms with Gasteiger partial charge in [0, 0.05) is 17.1 Å². The molecule has 1 aliphatic heterocycles. The minimum atomic E-state index is 0.716. The Morgan fingerprint density at radius 3 is 3.17 bits per heavy atom. The number of halogens is 1. The zero-order valence-corrected chi connectivity index (χ0v) is 7.61. The van der Waals surface area contributed by atoms with Gasteiger partial charge in [0.1, 0.15) is 12.4 Å². The fourth-order valence-electron chi connectivity index (χ4n) is 1.33. The number of nitrogens with one attached hydrogen (secondary N) is 1. The minimum Gasteiger partial charge on any atom is -0.489 e. The van der Waals surface area contributed by atoms with Crippen molar-refractivity contribution in [1.29, 1.82) is 0 Å². The maximum atomic E-state index is 5.94. The molecule has 0 aromatic heterocycles. The van der Waals surface area contributed by atoms with Crippen molar-refractivity contribution in [3.8, 4) is 5.75 Å². The zero-order chi connectivity index (χ0) is 8.55. The number of ether oxygens (including phenoxy) is 1. The minimum absolute atomic E-state index is 0.716. The molecular formula is C9H10ClNO. The Kier molecular flexibility index (Phi) is 1.85. The van der Waals surface area contributed by atoms with E-state index in [1.54, 1.807) is 0 Å². The predicted molar refractivity (Wildman–Crippen MR) is 50.2 cm³/mol. The Morgan fingerprint density at radius 1 is 1.50 bits per heavy atom. The van der Waals surface area contributed by atoms with Gasteiger partial charge in [0.2, 0.25) is 0 Å². The Morgan fingerprint density at radius 2 is 2.33 bits per heavy atom. The summed E-state index contributed by atoms with van der Waals surface area (Å²) in [7, 11) is 0. The summed E-state index contributed by atoms with van der Waals surface area (Å²) in [5.41, 5.74) is 2.06. The molecule has 0 saturated carbocycles. The summed E-state index contributed by atoms with van der Waals surface area (Å²) in [5, 5.41) is 4.01. The molecule has 0 saturated heterocycles. The van der Waals surface area contributed by atoms with Crippen LogP contribution in [0.1, 0.15) is 5.56 Å². The van der Waals surface area contributed by atoms with E-state index in [1.165, 1.54) is 0 Å². The maximum absolute atomic E-state index is 5.94. The fraction of sp³-hybridized carbons (Fsp3) is 0.333.